The summed E-state index contributed by atoms with van der Waals surface area (Å²) < 4.78 is 7.03. The molecule has 16 heavy (non-hydrogen) atoms. The first kappa shape index (κ1) is 10.9. The summed E-state index contributed by atoms with van der Waals surface area (Å²) in [5.41, 5.74) is 0.217. The molecule has 1 aromatic heterocycles. The van der Waals surface area contributed by atoms with Crippen LogP contribution in [-0.2, 0) is 4.74 Å². The molecule has 1 aliphatic rings. The van der Waals surface area contributed by atoms with Gasteiger partial charge in [-0.1, -0.05) is 0 Å². The summed E-state index contributed by atoms with van der Waals surface area (Å²) in [5.74, 6) is -0.387. The normalized spacial score (nSPS) is 17.3. The lowest BCUT2D eigenvalue weighted by Gasteiger charge is -2.24. The Balaban J connectivity index is 2.29. The zero-order valence-corrected chi connectivity index (χ0v) is 9.14. The zero-order valence-electron chi connectivity index (χ0n) is 9.14. The number of rotatable bonds is 3. The van der Waals surface area contributed by atoms with Gasteiger partial charge in [0.1, 0.15) is 11.4 Å². The molecule has 0 spiro atoms. The average molecular weight is 225 g/mol. The van der Waals surface area contributed by atoms with Crippen LogP contribution < -0.4 is 5.32 Å². The van der Waals surface area contributed by atoms with E-state index in [-0.39, 0.29) is 11.6 Å². The molecular formula is C10H15N3O3. The molecule has 2 rings (SSSR count). The molecule has 0 unspecified atom stereocenters. The summed E-state index contributed by atoms with van der Waals surface area (Å²) >= 11 is 0. The van der Waals surface area contributed by atoms with Crippen LogP contribution in [0.3, 0.4) is 0 Å². The lowest BCUT2D eigenvalue weighted by Crippen LogP contribution is -2.22. The molecular weight excluding hydrogens is 210 g/mol. The van der Waals surface area contributed by atoms with Crippen LogP contribution in [0, 0.1) is 0 Å². The molecule has 1 saturated heterocycles. The highest BCUT2D eigenvalue weighted by molar-refractivity contribution is 5.93. The maximum absolute atomic E-state index is 11.0. The number of carboxylic acids is 1. The molecule has 0 bridgehead atoms. The van der Waals surface area contributed by atoms with Crippen molar-refractivity contribution in [3.8, 4) is 0 Å². The van der Waals surface area contributed by atoms with Gasteiger partial charge in [-0.25, -0.2) is 9.48 Å². The average Bonchev–Trinajstić information content (AvgIpc) is 2.73. The summed E-state index contributed by atoms with van der Waals surface area (Å²) in [6.45, 7) is 1.41. The number of nitrogens with zero attached hydrogens (tertiary/aromatic N) is 2. The number of nitrogens with one attached hydrogen (secondary N) is 1. The highest BCUT2D eigenvalue weighted by Crippen LogP contribution is 2.26. The molecule has 2 heterocycles. The van der Waals surface area contributed by atoms with Gasteiger partial charge in [0.05, 0.1) is 12.2 Å². The molecule has 1 fully saturated rings. The number of aromatic carboxylic acids is 1. The van der Waals surface area contributed by atoms with Crippen LogP contribution in [0.25, 0.3) is 0 Å². The van der Waals surface area contributed by atoms with E-state index in [0.29, 0.717) is 19.0 Å². The third-order valence-electron chi connectivity index (χ3n) is 2.80. The van der Waals surface area contributed by atoms with E-state index in [1.165, 1.54) is 6.20 Å². The molecule has 0 aliphatic carbocycles. The fraction of sp³-hybridized carbons (Fsp3) is 0.600. The van der Waals surface area contributed by atoms with Crippen LogP contribution in [0.15, 0.2) is 6.20 Å². The third kappa shape index (κ3) is 1.88. The van der Waals surface area contributed by atoms with Gasteiger partial charge < -0.3 is 15.2 Å². The van der Waals surface area contributed by atoms with Crippen LogP contribution in [0.5, 0.6) is 0 Å². The minimum atomic E-state index is -0.956. The predicted molar refractivity (Wildman–Crippen MR) is 57.8 cm³/mol. The SMILES string of the molecule is CNc1c(C(=O)O)cnn1C1CCOCC1. The summed E-state index contributed by atoms with van der Waals surface area (Å²) in [6, 6.07) is 0.226. The Hall–Kier alpha value is -1.56. The number of anilines is 1. The molecule has 0 radical (unpaired) electrons. The Bertz CT molecular complexity index is 383. The Morgan fingerprint density at radius 2 is 2.31 bits per heavy atom. The van der Waals surface area contributed by atoms with Crippen molar-refractivity contribution < 1.29 is 14.6 Å². The van der Waals surface area contributed by atoms with Crippen molar-refractivity contribution in [2.75, 3.05) is 25.6 Å². The van der Waals surface area contributed by atoms with Gasteiger partial charge in [0.2, 0.25) is 0 Å². The Kier molecular flexibility index (Phi) is 3.09. The highest BCUT2D eigenvalue weighted by Gasteiger charge is 2.23. The Morgan fingerprint density at radius 1 is 1.62 bits per heavy atom. The summed E-state index contributed by atoms with van der Waals surface area (Å²) in [6.07, 6.45) is 3.13. The minimum absolute atomic E-state index is 0.217. The van der Waals surface area contributed by atoms with Crippen molar-refractivity contribution >= 4 is 11.8 Å². The van der Waals surface area contributed by atoms with Crippen molar-refractivity contribution in [2.24, 2.45) is 0 Å². The molecule has 1 aromatic rings. The van der Waals surface area contributed by atoms with E-state index in [1.54, 1.807) is 11.7 Å². The number of hydrogen-bond donors (Lipinski definition) is 2. The number of hydrogen-bond acceptors (Lipinski definition) is 4. The molecule has 6 nitrogen and oxygen atoms in total. The van der Waals surface area contributed by atoms with Crippen molar-refractivity contribution in [3.05, 3.63) is 11.8 Å². The summed E-state index contributed by atoms with van der Waals surface area (Å²) in [7, 11) is 1.71. The second-order valence-corrected chi connectivity index (χ2v) is 3.75. The van der Waals surface area contributed by atoms with Crippen molar-refractivity contribution in [3.63, 3.8) is 0 Å². The monoisotopic (exact) mass is 225 g/mol. The number of ether oxygens (including phenoxy) is 1. The van der Waals surface area contributed by atoms with E-state index in [0.717, 1.165) is 12.8 Å². The molecule has 0 amide bonds. The van der Waals surface area contributed by atoms with E-state index in [1.807, 2.05) is 0 Å². The van der Waals surface area contributed by atoms with E-state index >= 15 is 0 Å². The second-order valence-electron chi connectivity index (χ2n) is 3.75. The maximum Gasteiger partial charge on any atom is 0.341 e. The van der Waals surface area contributed by atoms with Gasteiger partial charge in [-0.05, 0) is 12.8 Å². The first-order chi connectivity index (χ1) is 7.74. The smallest absolute Gasteiger partial charge is 0.341 e. The van der Waals surface area contributed by atoms with Gasteiger partial charge in [-0.2, -0.15) is 5.10 Å². The van der Waals surface area contributed by atoms with E-state index in [9.17, 15) is 4.79 Å². The molecule has 0 atom stereocenters. The van der Waals surface area contributed by atoms with Crippen LogP contribution in [-0.4, -0.2) is 41.1 Å². The first-order valence-electron chi connectivity index (χ1n) is 5.30. The van der Waals surface area contributed by atoms with Gasteiger partial charge in [-0.15, -0.1) is 0 Å². The van der Waals surface area contributed by atoms with Gasteiger partial charge in [0, 0.05) is 20.3 Å². The largest absolute Gasteiger partial charge is 0.477 e. The van der Waals surface area contributed by atoms with Crippen LogP contribution >= 0.6 is 0 Å². The maximum atomic E-state index is 11.0. The van der Waals surface area contributed by atoms with Gasteiger partial charge >= 0.3 is 5.97 Å². The van der Waals surface area contributed by atoms with Crippen molar-refractivity contribution in [1.82, 2.24) is 9.78 Å². The van der Waals surface area contributed by atoms with Crippen molar-refractivity contribution in [2.45, 2.75) is 18.9 Å². The van der Waals surface area contributed by atoms with E-state index in [2.05, 4.69) is 10.4 Å². The Morgan fingerprint density at radius 3 is 2.88 bits per heavy atom. The molecule has 2 N–H and O–H groups in total. The lowest BCUT2D eigenvalue weighted by atomic mass is 10.1. The highest BCUT2D eigenvalue weighted by atomic mass is 16.5. The second kappa shape index (κ2) is 4.52. The Labute approximate surface area is 93.2 Å². The fourth-order valence-electron chi connectivity index (χ4n) is 1.97. The number of carbonyl (C=O) groups is 1. The molecule has 0 aromatic carbocycles. The first-order valence-corrected chi connectivity index (χ1v) is 5.30. The van der Waals surface area contributed by atoms with E-state index < -0.39 is 5.97 Å². The minimum Gasteiger partial charge on any atom is -0.477 e. The van der Waals surface area contributed by atoms with Crippen LogP contribution in [0.4, 0.5) is 5.82 Å². The van der Waals surface area contributed by atoms with Crippen molar-refractivity contribution in [1.29, 1.82) is 0 Å². The molecule has 1 aliphatic heterocycles. The summed E-state index contributed by atoms with van der Waals surface area (Å²) in [5, 5.41) is 16.0. The van der Waals surface area contributed by atoms with E-state index in [4.69, 9.17) is 9.84 Å². The number of carboxylic acid groups (broad SMARTS) is 1. The van der Waals surface area contributed by atoms with Gasteiger partial charge in [0.25, 0.3) is 0 Å². The third-order valence-corrected chi connectivity index (χ3v) is 2.80. The molecule has 6 heteroatoms. The van der Waals surface area contributed by atoms with Gasteiger partial charge in [0.15, 0.2) is 0 Å². The predicted octanol–water partition coefficient (Wildman–Crippen LogP) is 0.974. The summed E-state index contributed by atoms with van der Waals surface area (Å²) in [4.78, 5) is 11.0. The van der Waals surface area contributed by atoms with Gasteiger partial charge in [-0.3, -0.25) is 0 Å². The molecule has 0 saturated carbocycles. The quantitative estimate of drug-likeness (QED) is 0.801. The van der Waals surface area contributed by atoms with Crippen LogP contribution in [0.2, 0.25) is 0 Å². The standard InChI is InChI=1S/C10H15N3O3/c1-11-9-8(10(14)15)6-12-13(9)7-2-4-16-5-3-7/h6-7,11H,2-5H2,1H3,(H,14,15). The lowest BCUT2D eigenvalue weighted by molar-refractivity contribution is 0.0666. The molecule has 88 valence electrons. The van der Waals surface area contributed by atoms with Crippen LogP contribution in [0.1, 0.15) is 29.2 Å². The number of aromatic nitrogens is 2. The fourth-order valence-corrected chi connectivity index (χ4v) is 1.97. The topological polar surface area (TPSA) is 76.4 Å². The zero-order chi connectivity index (χ0) is 11.5.